The van der Waals surface area contributed by atoms with E-state index in [1.165, 1.54) is 58.2 Å². The maximum absolute atomic E-state index is 3.95. The Balaban J connectivity index is 2.02. The average molecular weight is 280 g/mol. The first-order chi connectivity index (χ1) is 9.35. The van der Waals surface area contributed by atoms with Crippen molar-refractivity contribution in [2.45, 2.75) is 84.7 Å². The molecule has 0 aromatic carbocycles. The lowest BCUT2D eigenvalue weighted by Gasteiger charge is -2.49. The first-order valence-corrected chi connectivity index (χ1v) is 8.84. The van der Waals surface area contributed by atoms with Crippen LogP contribution in [0.4, 0.5) is 0 Å². The van der Waals surface area contributed by atoms with Gasteiger partial charge in [0, 0.05) is 24.7 Å². The molecule has 1 aliphatic carbocycles. The van der Waals surface area contributed by atoms with Gasteiger partial charge in [-0.25, -0.2) is 0 Å². The van der Waals surface area contributed by atoms with Gasteiger partial charge in [-0.05, 0) is 37.1 Å². The van der Waals surface area contributed by atoms with Crippen molar-refractivity contribution in [2.75, 3.05) is 19.6 Å². The van der Waals surface area contributed by atoms with Gasteiger partial charge >= 0.3 is 0 Å². The summed E-state index contributed by atoms with van der Waals surface area (Å²) in [7, 11) is 0. The van der Waals surface area contributed by atoms with Crippen LogP contribution in [0.25, 0.3) is 0 Å². The van der Waals surface area contributed by atoms with E-state index in [1.54, 1.807) is 0 Å². The Morgan fingerprint density at radius 3 is 2.45 bits per heavy atom. The van der Waals surface area contributed by atoms with E-state index in [-0.39, 0.29) is 0 Å². The van der Waals surface area contributed by atoms with Gasteiger partial charge in [0.1, 0.15) is 0 Å². The number of hydrogen-bond donors (Lipinski definition) is 1. The topological polar surface area (TPSA) is 15.3 Å². The molecule has 2 rings (SSSR count). The highest BCUT2D eigenvalue weighted by molar-refractivity contribution is 5.01. The van der Waals surface area contributed by atoms with Gasteiger partial charge in [0.05, 0.1) is 0 Å². The third kappa shape index (κ3) is 3.98. The first kappa shape index (κ1) is 16.3. The molecule has 1 N–H and O–H groups in total. The van der Waals surface area contributed by atoms with Gasteiger partial charge < -0.3 is 5.32 Å². The smallest absolute Gasteiger partial charge is 0.0309 e. The van der Waals surface area contributed by atoms with Gasteiger partial charge in [0.15, 0.2) is 0 Å². The molecular weight excluding hydrogens is 244 g/mol. The molecule has 2 unspecified atom stereocenters. The van der Waals surface area contributed by atoms with Crippen LogP contribution in [0.3, 0.4) is 0 Å². The summed E-state index contributed by atoms with van der Waals surface area (Å²) in [5.41, 5.74) is 0.912. The van der Waals surface area contributed by atoms with E-state index in [2.05, 4.69) is 44.8 Å². The van der Waals surface area contributed by atoms with Gasteiger partial charge in [0.25, 0.3) is 0 Å². The van der Waals surface area contributed by atoms with Gasteiger partial charge in [0.2, 0.25) is 0 Å². The van der Waals surface area contributed by atoms with Crippen molar-refractivity contribution in [2.24, 2.45) is 11.3 Å². The van der Waals surface area contributed by atoms with E-state index in [4.69, 9.17) is 0 Å². The second-order valence-corrected chi connectivity index (χ2v) is 8.60. The maximum Gasteiger partial charge on any atom is 0.0309 e. The quantitative estimate of drug-likeness (QED) is 0.835. The normalized spacial score (nSPS) is 28.9. The number of nitrogens with zero attached hydrogens (tertiary/aromatic N) is 1. The summed E-state index contributed by atoms with van der Waals surface area (Å²) in [6.07, 6.45) is 8.25. The molecule has 2 aliphatic rings. The molecule has 0 radical (unpaired) electrons. The Morgan fingerprint density at radius 1 is 1.25 bits per heavy atom. The van der Waals surface area contributed by atoms with Crippen LogP contribution < -0.4 is 5.32 Å². The highest BCUT2D eigenvalue weighted by atomic mass is 15.3. The standard InChI is InChI=1S/C18H36N2/c1-6-15(2)16-13-19-18(9-7-8-10-18)14-20(16)12-11-17(3,4)5/h15-16,19H,6-14H2,1-5H3. The van der Waals surface area contributed by atoms with Crippen LogP contribution in [-0.2, 0) is 0 Å². The van der Waals surface area contributed by atoms with Crippen molar-refractivity contribution in [1.29, 1.82) is 0 Å². The molecule has 2 nitrogen and oxygen atoms in total. The molecule has 1 saturated carbocycles. The van der Waals surface area contributed by atoms with E-state index in [0.29, 0.717) is 11.0 Å². The molecule has 0 aromatic rings. The van der Waals surface area contributed by atoms with E-state index in [9.17, 15) is 0 Å². The zero-order valence-corrected chi connectivity index (χ0v) is 14.5. The highest BCUT2D eigenvalue weighted by Gasteiger charge is 2.42. The van der Waals surface area contributed by atoms with E-state index >= 15 is 0 Å². The number of piperazine rings is 1. The molecule has 118 valence electrons. The summed E-state index contributed by atoms with van der Waals surface area (Å²) >= 11 is 0. The zero-order valence-electron chi connectivity index (χ0n) is 14.5. The van der Waals surface area contributed by atoms with E-state index in [1.807, 2.05) is 0 Å². The Hall–Kier alpha value is -0.0800. The minimum absolute atomic E-state index is 0.452. The van der Waals surface area contributed by atoms with Crippen LogP contribution in [0.1, 0.15) is 73.1 Å². The number of hydrogen-bond acceptors (Lipinski definition) is 2. The molecule has 0 bridgehead atoms. The van der Waals surface area contributed by atoms with E-state index in [0.717, 1.165) is 12.0 Å². The molecule has 20 heavy (non-hydrogen) atoms. The fourth-order valence-electron chi connectivity index (χ4n) is 3.96. The van der Waals surface area contributed by atoms with Crippen molar-refractivity contribution in [1.82, 2.24) is 10.2 Å². The third-order valence-corrected chi connectivity index (χ3v) is 5.67. The minimum Gasteiger partial charge on any atom is -0.308 e. The summed E-state index contributed by atoms with van der Waals surface area (Å²) in [6.45, 7) is 15.7. The van der Waals surface area contributed by atoms with Gasteiger partial charge in [-0.3, -0.25) is 4.90 Å². The fourth-order valence-corrected chi connectivity index (χ4v) is 3.96. The van der Waals surface area contributed by atoms with Crippen LogP contribution in [0.15, 0.2) is 0 Å². The highest BCUT2D eigenvalue weighted by Crippen LogP contribution is 2.35. The predicted octanol–water partition coefficient (Wildman–Crippen LogP) is 4.06. The molecule has 2 fully saturated rings. The predicted molar refractivity (Wildman–Crippen MR) is 88.1 cm³/mol. The van der Waals surface area contributed by atoms with Crippen LogP contribution in [0.2, 0.25) is 0 Å². The molecule has 1 spiro atoms. The zero-order chi connectivity index (χ0) is 14.8. The lowest BCUT2D eigenvalue weighted by molar-refractivity contribution is 0.0438. The van der Waals surface area contributed by atoms with Gasteiger partial charge in [-0.15, -0.1) is 0 Å². The molecule has 1 aliphatic heterocycles. The van der Waals surface area contributed by atoms with Crippen LogP contribution in [0.5, 0.6) is 0 Å². The summed E-state index contributed by atoms with van der Waals surface area (Å²) in [5.74, 6) is 0.807. The molecule has 2 heteroatoms. The van der Waals surface area contributed by atoms with Crippen molar-refractivity contribution in [3.05, 3.63) is 0 Å². The Bertz CT molecular complexity index is 299. The summed E-state index contributed by atoms with van der Waals surface area (Å²) in [6, 6.07) is 0.744. The summed E-state index contributed by atoms with van der Waals surface area (Å²) in [5, 5.41) is 3.95. The largest absolute Gasteiger partial charge is 0.308 e. The van der Waals surface area contributed by atoms with Gasteiger partial charge in [-0.1, -0.05) is 53.9 Å². The average Bonchev–Trinajstić information content (AvgIpc) is 2.83. The second kappa shape index (κ2) is 6.36. The Labute approximate surface area is 126 Å². The molecule has 0 amide bonds. The number of nitrogens with one attached hydrogen (secondary N) is 1. The fraction of sp³-hybridized carbons (Fsp3) is 1.00. The van der Waals surface area contributed by atoms with Gasteiger partial charge in [-0.2, -0.15) is 0 Å². The molecule has 1 heterocycles. The summed E-state index contributed by atoms with van der Waals surface area (Å²) in [4.78, 5) is 2.83. The molecule has 0 aromatic heterocycles. The van der Waals surface area contributed by atoms with Crippen molar-refractivity contribution < 1.29 is 0 Å². The lowest BCUT2D eigenvalue weighted by Crippen LogP contribution is -2.64. The second-order valence-electron chi connectivity index (χ2n) is 8.60. The minimum atomic E-state index is 0.452. The number of rotatable bonds is 4. The van der Waals surface area contributed by atoms with Crippen LogP contribution >= 0.6 is 0 Å². The van der Waals surface area contributed by atoms with Crippen LogP contribution in [-0.4, -0.2) is 36.1 Å². The first-order valence-electron chi connectivity index (χ1n) is 8.84. The molecule has 1 saturated heterocycles. The SMILES string of the molecule is CCC(C)C1CNC2(CCCC2)CN1CCC(C)(C)C. The monoisotopic (exact) mass is 280 g/mol. The van der Waals surface area contributed by atoms with Crippen molar-refractivity contribution in [3.8, 4) is 0 Å². The van der Waals surface area contributed by atoms with Crippen LogP contribution in [0, 0.1) is 11.3 Å². The maximum atomic E-state index is 3.95. The molecule has 2 atom stereocenters. The van der Waals surface area contributed by atoms with E-state index < -0.39 is 0 Å². The Morgan fingerprint density at radius 2 is 1.90 bits per heavy atom. The Kier molecular flexibility index (Phi) is 5.18. The summed E-state index contributed by atoms with van der Waals surface area (Å²) < 4.78 is 0. The van der Waals surface area contributed by atoms with Crippen molar-refractivity contribution >= 4 is 0 Å². The van der Waals surface area contributed by atoms with Crippen molar-refractivity contribution in [3.63, 3.8) is 0 Å². The lowest BCUT2D eigenvalue weighted by atomic mass is 9.86. The molecular formula is C18H36N2. The third-order valence-electron chi connectivity index (χ3n) is 5.67.